The van der Waals surface area contributed by atoms with Gasteiger partial charge in [0, 0.05) is 7.11 Å². The van der Waals surface area contributed by atoms with Crippen LogP contribution in [0.2, 0.25) is 0 Å². The van der Waals surface area contributed by atoms with Crippen molar-refractivity contribution in [2.75, 3.05) is 7.11 Å². The van der Waals surface area contributed by atoms with Crippen LogP contribution in [0.4, 0.5) is 0 Å². The zero-order valence-corrected chi connectivity index (χ0v) is 26.7. The van der Waals surface area contributed by atoms with E-state index < -0.39 is 0 Å². The Morgan fingerprint density at radius 3 is 2.28 bits per heavy atom. The van der Waals surface area contributed by atoms with E-state index in [9.17, 15) is 0 Å². The summed E-state index contributed by atoms with van der Waals surface area (Å²) < 4.78 is 5.52. The Labute approximate surface area is 229 Å². The van der Waals surface area contributed by atoms with E-state index in [1.165, 1.54) is 109 Å². The predicted octanol–water partition coefficient (Wildman–Crippen LogP) is 12.0. The summed E-state index contributed by atoms with van der Waals surface area (Å²) >= 11 is 0. The summed E-state index contributed by atoms with van der Waals surface area (Å²) in [6.07, 6.45) is 27.7. The van der Waals surface area contributed by atoms with Crippen molar-refractivity contribution < 1.29 is 4.74 Å². The van der Waals surface area contributed by atoms with E-state index in [0.29, 0.717) is 0 Å². The molecule has 0 saturated heterocycles. The predicted molar refractivity (Wildman–Crippen MR) is 163 cm³/mol. The fourth-order valence-corrected chi connectivity index (χ4v) is 6.84. The third kappa shape index (κ3) is 14.2. The monoisotopic (exact) mass is 507 g/mol. The molecule has 0 spiro atoms. The lowest BCUT2D eigenvalue weighted by molar-refractivity contribution is 0.0105. The number of unbranched alkanes of at least 4 members (excludes halogenated alkanes) is 3. The highest BCUT2D eigenvalue weighted by Gasteiger charge is 2.50. The molecular formula is C35H70O. The fraction of sp³-hybridized carbons (Fsp3) is 1.00. The summed E-state index contributed by atoms with van der Waals surface area (Å²) in [5.41, 5.74) is 0.869. The Morgan fingerprint density at radius 2 is 1.58 bits per heavy atom. The van der Waals surface area contributed by atoms with Crippen molar-refractivity contribution in [2.24, 2.45) is 35.0 Å². The summed E-state index contributed by atoms with van der Waals surface area (Å²) in [6.45, 7) is 18.1. The molecule has 0 aromatic heterocycles. The molecule has 1 nitrogen and oxygen atoms in total. The number of methoxy groups -OCH3 is 1. The number of fused-ring (bicyclic) bond motifs is 1. The topological polar surface area (TPSA) is 9.23 Å². The van der Waals surface area contributed by atoms with Crippen LogP contribution in [0, 0.1) is 35.0 Å². The molecule has 0 heterocycles. The Morgan fingerprint density at radius 1 is 0.889 bits per heavy atom. The van der Waals surface area contributed by atoms with E-state index in [4.69, 9.17) is 4.74 Å². The highest BCUT2D eigenvalue weighted by molar-refractivity contribution is 5.00. The van der Waals surface area contributed by atoms with Crippen LogP contribution >= 0.6 is 0 Å². The molecule has 3 aliphatic carbocycles. The average molecular weight is 507 g/mol. The van der Waals surface area contributed by atoms with Gasteiger partial charge >= 0.3 is 0 Å². The van der Waals surface area contributed by atoms with Gasteiger partial charge in [0.25, 0.3) is 0 Å². The molecule has 0 bridgehead atoms. The lowest BCUT2D eigenvalue weighted by Crippen LogP contribution is -2.23. The first-order valence-corrected chi connectivity index (χ1v) is 16.7. The van der Waals surface area contributed by atoms with Crippen LogP contribution < -0.4 is 0 Å². The van der Waals surface area contributed by atoms with Gasteiger partial charge in [-0.3, -0.25) is 0 Å². The second-order valence-corrected chi connectivity index (χ2v) is 14.0. The molecule has 3 saturated carbocycles. The summed E-state index contributed by atoms with van der Waals surface area (Å²) in [4.78, 5) is 0. The maximum Gasteiger partial charge on any atom is 0.0622 e. The molecular weight excluding hydrogens is 436 g/mol. The minimum Gasteiger partial charge on any atom is -0.379 e. The van der Waals surface area contributed by atoms with E-state index in [-0.39, 0.29) is 5.60 Å². The van der Waals surface area contributed by atoms with Crippen molar-refractivity contribution in [1.29, 1.82) is 0 Å². The summed E-state index contributed by atoms with van der Waals surface area (Å²) in [5.74, 6) is 5.09. The zero-order chi connectivity index (χ0) is 27.0. The van der Waals surface area contributed by atoms with Gasteiger partial charge in [0.2, 0.25) is 0 Å². The van der Waals surface area contributed by atoms with Gasteiger partial charge in [-0.25, -0.2) is 0 Å². The first-order valence-electron chi connectivity index (χ1n) is 16.7. The normalized spacial score (nSPS) is 30.9. The van der Waals surface area contributed by atoms with Crippen LogP contribution in [0.5, 0.6) is 0 Å². The van der Waals surface area contributed by atoms with E-state index in [0.717, 1.165) is 35.0 Å². The standard InChI is InChI=1S/C22H44O.C11H20.C2H6/c1-19-12-10-14-21(16-15-19)13-9-7-6-8-11-20(2)17-18-22(3,4)23-5;1-3-9-5-4-6-11(2)8-10(11)7-9;1-2/h19-21H,6-18H2,1-5H3;9-10H,3-8H2,1-2H3;1-2H3. The van der Waals surface area contributed by atoms with Crippen LogP contribution in [0.25, 0.3) is 0 Å². The van der Waals surface area contributed by atoms with Crippen LogP contribution in [-0.2, 0) is 4.74 Å². The first kappa shape index (κ1) is 34.0. The molecule has 3 rings (SSSR count). The largest absolute Gasteiger partial charge is 0.379 e. The molecule has 0 amide bonds. The van der Waals surface area contributed by atoms with Crippen molar-refractivity contribution in [3.05, 3.63) is 0 Å². The van der Waals surface area contributed by atoms with Gasteiger partial charge < -0.3 is 4.74 Å². The second-order valence-electron chi connectivity index (χ2n) is 14.0. The summed E-state index contributed by atoms with van der Waals surface area (Å²) in [7, 11) is 1.83. The lowest BCUT2D eigenvalue weighted by Gasteiger charge is -2.24. The van der Waals surface area contributed by atoms with Crippen LogP contribution in [0.1, 0.15) is 177 Å². The van der Waals surface area contributed by atoms with Crippen LogP contribution in [0.3, 0.4) is 0 Å². The third-order valence-electron chi connectivity index (χ3n) is 10.3. The van der Waals surface area contributed by atoms with Crippen molar-refractivity contribution in [3.63, 3.8) is 0 Å². The molecule has 6 atom stereocenters. The van der Waals surface area contributed by atoms with Gasteiger partial charge in [-0.15, -0.1) is 0 Å². The molecule has 3 fully saturated rings. The highest BCUT2D eigenvalue weighted by atomic mass is 16.5. The quantitative estimate of drug-likeness (QED) is 0.189. The maximum absolute atomic E-state index is 5.52. The van der Waals surface area contributed by atoms with Gasteiger partial charge in [0.05, 0.1) is 5.60 Å². The molecule has 6 unspecified atom stereocenters. The Kier molecular flexibility index (Phi) is 17.3. The van der Waals surface area contributed by atoms with Gasteiger partial charge in [0.1, 0.15) is 0 Å². The SMILES string of the molecule is CC.CCC1CCCC2(C)CC2C1.COC(C)(C)CCC(C)CCCCCCC1CCCC(C)CC1. The minimum atomic E-state index is 0.0600. The van der Waals surface area contributed by atoms with Crippen molar-refractivity contribution in [1.82, 2.24) is 0 Å². The van der Waals surface area contributed by atoms with Crippen molar-refractivity contribution in [2.45, 2.75) is 183 Å². The van der Waals surface area contributed by atoms with Gasteiger partial charge in [-0.1, -0.05) is 131 Å². The van der Waals surface area contributed by atoms with E-state index in [1.807, 2.05) is 21.0 Å². The molecule has 0 N–H and O–H groups in total. The maximum atomic E-state index is 5.52. The van der Waals surface area contributed by atoms with Crippen LogP contribution in [-0.4, -0.2) is 12.7 Å². The Balaban J connectivity index is 0.000000410. The summed E-state index contributed by atoms with van der Waals surface area (Å²) in [6, 6.07) is 0. The Hall–Kier alpha value is -0.0400. The number of rotatable bonds is 12. The highest BCUT2D eigenvalue weighted by Crippen LogP contribution is 2.60. The molecule has 0 aliphatic heterocycles. The summed E-state index contributed by atoms with van der Waals surface area (Å²) in [5, 5.41) is 0. The van der Waals surface area contributed by atoms with E-state index >= 15 is 0 Å². The first-order chi connectivity index (χ1) is 17.2. The fourth-order valence-electron chi connectivity index (χ4n) is 6.84. The molecule has 0 aromatic carbocycles. The van der Waals surface area contributed by atoms with Crippen molar-refractivity contribution >= 4 is 0 Å². The molecule has 3 aliphatic rings. The third-order valence-corrected chi connectivity index (χ3v) is 10.3. The number of ether oxygens (including phenoxy) is 1. The molecule has 36 heavy (non-hydrogen) atoms. The molecule has 216 valence electrons. The van der Waals surface area contributed by atoms with Gasteiger partial charge in [-0.05, 0) is 81.0 Å². The van der Waals surface area contributed by atoms with Gasteiger partial charge in [-0.2, -0.15) is 0 Å². The zero-order valence-electron chi connectivity index (χ0n) is 26.7. The van der Waals surface area contributed by atoms with Gasteiger partial charge in [0.15, 0.2) is 0 Å². The Bertz CT molecular complexity index is 525. The van der Waals surface area contributed by atoms with Crippen LogP contribution in [0.15, 0.2) is 0 Å². The van der Waals surface area contributed by atoms with E-state index in [1.54, 1.807) is 12.8 Å². The molecule has 0 radical (unpaired) electrons. The average Bonchev–Trinajstić information content (AvgIpc) is 3.58. The minimum absolute atomic E-state index is 0.0600. The molecule has 1 heteroatoms. The second kappa shape index (κ2) is 18.3. The number of hydrogen-bond donors (Lipinski definition) is 0. The van der Waals surface area contributed by atoms with Crippen molar-refractivity contribution in [3.8, 4) is 0 Å². The smallest absolute Gasteiger partial charge is 0.0622 e. The molecule has 0 aromatic rings. The van der Waals surface area contributed by atoms with E-state index in [2.05, 4.69) is 41.5 Å². The number of hydrogen-bond acceptors (Lipinski definition) is 1. The lowest BCUT2D eigenvalue weighted by atomic mass is 9.91.